The van der Waals surface area contributed by atoms with Crippen molar-refractivity contribution in [1.29, 1.82) is 0 Å². The van der Waals surface area contributed by atoms with Crippen molar-refractivity contribution in [2.24, 2.45) is 0 Å². The molecule has 2 heterocycles. The van der Waals surface area contributed by atoms with Crippen LogP contribution in [0.25, 0.3) is 10.9 Å². The molecular formula is C17H19ClN4O5. The zero-order chi connectivity index (χ0) is 19.7. The van der Waals surface area contributed by atoms with Gasteiger partial charge in [0, 0.05) is 49.5 Å². The average molecular weight is 395 g/mol. The van der Waals surface area contributed by atoms with Gasteiger partial charge in [0.25, 0.3) is 0 Å². The van der Waals surface area contributed by atoms with Crippen molar-refractivity contribution in [3.63, 3.8) is 0 Å². The van der Waals surface area contributed by atoms with Crippen LogP contribution in [0.1, 0.15) is 13.8 Å². The third kappa shape index (κ3) is 3.68. The monoisotopic (exact) mass is 394 g/mol. The summed E-state index contributed by atoms with van der Waals surface area (Å²) in [5.74, 6) is -0.514. The van der Waals surface area contributed by atoms with Crippen molar-refractivity contribution in [2.75, 3.05) is 31.1 Å². The summed E-state index contributed by atoms with van der Waals surface area (Å²) in [6, 6.07) is 2.86. The Morgan fingerprint density at radius 3 is 2.63 bits per heavy atom. The number of halogens is 1. The maximum Gasteiger partial charge on any atom is 0.410 e. The fraction of sp³-hybridized carbons (Fsp3) is 0.412. The second-order valence-corrected chi connectivity index (χ2v) is 6.85. The number of carbonyl (C=O) groups is 1. The molecule has 3 rings (SSSR count). The lowest BCUT2D eigenvalue weighted by Gasteiger charge is -2.36. The van der Waals surface area contributed by atoms with E-state index >= 15 is 0 Å². The molecule has 0 radical (unpaired) electrons. The number of piperazine rings is 1. The summed E-state index contributed by atoms with van der Waals surface area (Å²) < 4.78 is 5.21. The van der Waals surface area contributed by atoms with Crippen LogP contribution >= 0.6 is 11.6 Å². The van der Waals surface area contributed by atoms with Gasteiger partial charge in [0.15, 0.2) is 0 Å². The first kappa shape index (κ1) is 19.0. The predicted molar refractivity (Wildman–Crippen MR) is 100 cm³/mol. The Morgan fingerprint density at radius 2 is 2.04 bits per heavy atom. The second-order valence-electron chi connectivity index (χ2n) is 6.44. The minimum Gasteiger partial charge on any atom is -0.501 e. The number of phenols is 1. The van der Waals surface area contributed by atoms with Crippen molar-refractivity contribution in [3.05, 3.63) is 33.5 Å². The molecule has 0 spiro atoms. The lowest BCUT2D eigenvalue weighted by Crippen LogP contribution is -2.49. The zero-order valence-electron chi connectivity index (χ0n) is 14.9. The number of phenolic OH excluding ortho intramolecular Hbond substituents is 1. The number of pyridine rings is 1. The molecule has 27 heavy (non-hydrogen) atoms. The summed E-state index contributed by atoms with van der Waals surface area (Å²) in [5.41, 5.74) is 0.291. The Labute approximate surface area is 160 Å². The van der Waals surface area contributed by atoms with Gasteiger partial charge < -0.3 is 19.6 Å². The van der Waals surface area contributed by atoms with Gasteiger partial charge in [-0.2, -0.15) is 0 Å². The normalized spacial score (nSPS) is 14.7. The van der Waals surface area contributed by atoms with Crippen LogP contribution in [0.2, 0.25) is 5.02 Å². The Bertz CT molecular complexity index is 897. The van der Waals surface area contributed by atoms with Crippen molar-refractivity contribution in [2.45, 2.75) is 20.0 Å². The Balaban J connectivity index is 1.89. The molecule has 10 heteroatoms. The van der Waals surface area contributed by atoms with Gasteiger partial charge in [-0.15, -0.1) is 0 Å². The molecule has 9 nitrogen and oxygen atoms in total. The van der Waals surface area contributed by atoms with Gasteiger partial charge in [0.2, 0.25) is 5.75 Å². The lowest BCUT2D eigenvalue weighted by molar-refractivity contribution is -0.385. The molecule has 0 unspecified atom stereocenters. The number of nitro benzene ring substituents is 1. The van der Waals surface area contributed by atoms with E-state index in [0.717, 1.165) is 6.07 Å². The van der Waals surface area contributed by atoms with E-state index in [1.54, 1.807) is 24.8 Å². The highest BCUT2D eigenvalue weighted by Gasteiger charge is 2.27. The maximum absolute atomic E-state index is 12.0. The number of ether oxygens (including phenoxy) is 1. The zero-order valence-corrected chi connectivity index (χ0v) is 15.6. The molecule has 0 bridgehead atoms. The summed E-state index contributed by atoms with van der Waals surface area (Å²) >= 11 is 6.27. The SMILES string of the molecule is CC(C)OC(=O)N1CCN(c2ccnc3c(O)c([N+](=O)[O-])cc(Cl)c23)CC1. The number of nitro groups is 1. The topological polar surface area (TPSA) is 109 Å². The molecule has 144 valence electrons. The summed E-state index contributed by atoms with van der Waals surface area (Å²) in [7, 11) is 0. The van der Waals surface area contributed by atoms with Crippen LogP contribution in [0.4, 0.5) is 16.2 Å². The maximum atomic E-state index is 12.0. The highest BCUT2D eigenvalue weighted by atomic mass is 35.5. The lowest BCUT2D eigenvalue weighted by atomic mass is 10.1. The first-order valence-electron chi connectivity index (χ1n) is 8.44. The molecule has 0 saturated carbocycles. The minimum atomic E-state index is -0.700. The molecule has 1 N–H and O–H groups in total. The third-order valence-corrected chi connectivity index (χ3v) is 4.61. The third-order valence-electron chi connectivity index (χ3n) is 4.31. The number of hydrogen-bond donors (Lipinski definition) is 1. The van der Waals surface area contributed by atoms with E-state index < -0.39 is 16.4 Å². The molecule has 1 amide bonds. The highest BCUT2D eigenvalue weighted by molar-refractivity contribution is 6.37. The van der Waals surface area contributed by atoms with Crippen molar-refractivity contribution in [1.82, 2.24) is 9.88 Å². The Kier molecular flexibility index (Phi) is 5.22. The number of amides is 1. The quantitative estimate of drug-likeness (QED) is 0.628. The number of rotatable bonds is 3. The van der Waals surface area contributed by atoms with E-state index in [1.165, 1.54) is 6.20 Å². The van der Waals surface area contributed by atoms with Gasteiger partial charge in [-0.3, -0.25) is 15.1 Å². The number of fused-ring (bicyclic) bond motifs is 1. The number of anilines is 1. The van der Waals surface area contributed by atoms with Crippen LogP contribution in [0.15, 0.2) is 18.3 Å². The van der Waals surface area contributed by atoms with E-state index in [0.29, 0.717) is 37.3 Å². The molecule has 1 aromatic heterocycles. The summed E-state index contributed by atoms with van der Waals surface area (Å²) in [5, 5.41) is 21.9. The first-order valence-corrected chi connectivity index (χ1v) is 8.82. The Morgan fingerprint density at radius 1 is 1.37 bits per heavy atom. The number of hydrogen-bond acceptors (Lipinski definition) is 7. The van der Waals surface area contributed by atoms with Crippen LogP contribution in [-0.2, 0) is 4.74 Å². The summed E-state index contributed by atoms with van der Waals surface area (Å²) in [4.78, 5) is 30.1. The van der Waals surface area contributed by atoms with Crippen molar-refractivity contribution >= 4 is 40.0 Å². The number of aromatic nitrogens is 1. The standard InChI is InChI=1S/C17H19ClN4O5/c1-10(2)27-17(24)21-7-5-20(6-8-21)12-3-4-19-15-14(12)11(18)9-13(16(15)23)22(25)26/h3-4,9-10,23H,5-8H2,1-2H3. The van der Waals surface area contributed by atoms with Gasteiger partial charge in [-0.05, 0) is 19.9 Å². The molecule has 0 aliphatic carbocycles. The van der Waals surface area contributed by atoms with Crippen LogP contribution in [-0.4, -0.2) is 58.3 Å². The molecule has 1 saturated heterocycles. The van der Waals surface area contributed by atoms with Gasteiger partial charge in [-0.25, -0.2) is 4.79 Å². The molecule has 1 fully saturated rings. The molecular weight excluding hydrogens is 376 g/mol. The minimum absolute atomic E-state index is 0.0772. The number of carbonyl (C=O) groups excluding carboxylic acids is 1. The van der Waals surface area contributed by atoms with Gasteiger partial charge in [0.05, 0.1) is 16.0 Å². The number of benzene rings is 1. The van der Waals surface area contributed by atoms with Gasteiger partial charge >= 0.3 is 11.8 Å². The van der Waals surface area contributed by atoms with Crippen molar-refractivity contribution < 1.29 is 19.6 Å². The van der Waals surface area contributed by atoms with E-state index in [1.807, 2.05) is 4.90 Å². The van der Waals surface area contributed by atoms with Crippen LogP contribution in [0, 0.1) is 10.1 Å². The number of aromatic hydroxyl groups is 1. The van der Waals surface area contributed by atoms with E-state index in [2.05, 4.69) is 4.98 Å². The molecule has 0 atom stereocenters. The Hall–Kier alpha value is -2.81. The van der Waals surface area contributed by atoms with Crippen LogP contribution in [0.5, 0.6) is 5.75 Å². The highest BCUT2D eigenvalue weighted by Crippen LogP contribution is 2.41. The van der Waals surface area contributed by atoms with E-state index in [-0.39, 0.29) is 22.7 Å². The van der Waals surface area contributed by atoms with Crippen molar-refractivity contribution in [3.8, 4) is 5.75 Å². The molecule has 1 aliphatic rings. The van der Waals surface area contributed by atoms with Gasteiger partial charge in [0.1, 0.15) is 5.52 Å². The second kappa shape index (κ2) is 7.43. The average Bonchev–Trinajstić information content (AvgIpc) is 2.63. The van der Waals surface area contributed by atoms with Gasteiger partial charge in [-0.1, -0.05) is 11.6 Å². The molecule has 2 aromatic rings. The van der Waals surface area contributed by atoms with Crippen LogP contribution < -0.4 is 4.90 Å². The summed E-state index contributed by atoms with van der Waals surface area (Å²) in [6.45, 7) is 5.58. The fourth-order valence-corrected chi connectivity index (χ4v) is 3.35. The van der Waals surface area contributed by atoms with E-state index in [9.17, 15) is 20.0 Å². The summed E-state index contributed by atoms with van der Waals surface area (Å²) in [6.07, 6.45) is 0.935. The molecule has 1 aromatic carbocycles. The molecule has 1 aliphatic heterocycles. The first-order chi connectivity index (χ1) is 12.8. The van der Waals surface area contributed by atoms with Crippen LogP contribution in [0.3, 0.4) is 0 Å². The fourth-order valence-electron chi connectivity index (χ4n) is 3.06. The number of nitrogens with zero attached hydrogens (tertiary/aromatic N) is 4. The smallest absolute Gasteiger partial charge is 0.410 e. The van der Waals surface area contributed by atoms with E-state index in [4.69, 9.17) is 16.3 Å². The largest absolute Gasteiger partial charge is 0.501 e. The predicted octanol–water partition coefficient (Wildman–Crippen LogP) is 3.17.